The third kappa shape index (κ3) is 5.25. The van der Waals surface area contributed by atoms with E-state index in [0.717, 1.165) is 34.9 Å². The molecule has 4 aromatic carbocycles. The van der Waals surface area contributed by atoms with Crippen molar-refractivity contribution in [2.75, 3.05) is 6.54 Å². The fourth-order valence-electron chi connectivity index (χ4n) is 5.15. The number of hydrogen-bond acceptors (Lipinski definition) is 4. The monoisotopic (exact) mass is 485 g/mol. The van der Waals surface area contributed by atoms with Gasteiger partial charge in [-0.05, 0) is 11.1 Å². The van der Waals surface area contributed by atoms with Gasteiger partial charge in [-0.15, -0.1) is 0 Å². The number of rotatable bonds is 8. The van der Waals surface area contributed by atoms with Crippen molar-refractivity contribution in [3.05, 3.63) is 138 Å². The zero-order valence-electron chi connectivity index (χ0n) is 20.6. The van der Waals surface area contributed by atoms with Crippen LogP contribution in [0.1, 0.15) is 29.0 Å². The summed E-state index contributed by atoms with van der Waals surface area (Å²) >= 11 is 0. The van der Waals surface area contributed by atoms with Gasteiger partial charge in [-0.2, -0.15) is 0 Å². The van der Waals surface area contributed by atoms with Crippen molar-refractivity contribution in [2.45, 2.75) is 24.8 Å². The first kappa shape index (κ1) is 23.4. The van der Waals surface area contributed by atoms with Gasteiger partial charge in [-0.1, -0.05) is 121 Å². The fraction of sp³-hybridized carbons (Fsp3) is 0.156. The molecule has 5 heteroatoms. The van der Waals surface area contributed by atoms with Crippen LogP contribution in [0.15, 0.2) is 121 Å². The summed E-state index contributed by atoms with van der Waals surface area (Å²) in [6.07, 6.45) is 0.132. The van der Waals surface area contributed by atoms with Gasteiger partial charge in [-0.25, -0.2) is 4.98 Å². The third-order valence-corrected chi connectivity index (χ3v) is 6.92. The Hall–Kier alpha value is -4.03. The largest absolute Gasteiger partial charge is 0.340 e. The molecule has 2 heterocycles. The summed E-state index contributed by atoms with van der Waals surface area (Å²) in [7, 11) is 0. The molecule has 1 unspecified atom stereocenters. The molecule has 0 saturated carbocycles. The highest BCUT2D eigenvalue weighted by Gasteiger charge is 2.34. The van der Waals surface area contributed by atoms with Crippen LogP contribution in [0.5, 0.6) is 0 Å². The summed E-state index contributed by atoms with van der Waals surface area (Å²) in [5, 5.41) is 11.2. The standard InChI is InChI=1S/C32H31N5/c1-5-13-23(14-6-1)29-30(24-15-7-2-8-16-24)35-27(34-29)21-33-22-28-36-31(25-17-9-3-10-18-25)32(37-28)26-19-11-4-12-20-26/h1-20,27,29-30,33-35H,21-22H2,(H,36,37)/t27?,29-,30+. The Balaban J connectivity index is 1.17. The molecule has 1 aromatic heterocycles. The fourth-order valence-corrected chi connectivity index (χ4v) is 5.15. The topological polar surface area (TPSA) is 64.8 Å². The maximum atomic E-state index is 4.99. The van der Waals surface area contributed by atoms with Crippen molar-refractivity contribution < 1.29 is 0 Å². The van der Waals surface area contributed by atoms with Gasteiger partial charge >= 0.3 is 0 Å². The van der Waals surface area contributed by atoms with Crippen molar-refractivity contribution >= 4 is 0 Å². The van der Waals surface area contributed by atoms with Crippen molar-refractivity contribution in [3.63, 3.8) is 0 Å². The summed E-state index contributed by atoms with van der Waals surface area (Å²) < 4.78 is 0. The van der Waals surface area contributed by atoms with Crippen molar-refractivity contribution in [3.8, 4) is 22.5 Å². The Labute approximate surface area is 218 Å². The van der Waals surface area contributed by atoms with Gasteiger partial charge < -0.3 is 10.3 Å². The molecule has 0 aliphatic carbocycles. The van der Waals surface area contributed by atoms with Gasteiger partial charge in [0, 0.05) is 17.7 Å². The van der Waals surface area contributed by atoms with E-state index in [4.69, 9.17) is 4.98 Å². The smallest absolute Gasteiger partial charge is 0.121 e. The number of benzene rings is 4. The second-order valence-corrected chi connectivity index (χ2v) is 9.43. The van der Waals surface area contributed by atoms with E-state index in [9.17, 15) is 0 Å². The number of H-pyrrole nitrogens is 1. The lowest BCUT2D eigenvalue weighted by Gasteiger charge is -2.19. The molecule has 1 aliphatic heterocycles. The predicted octanol–water partition coefficient (Wildman–Crippen LogP) is 5.83. The molecule has 184 valence electrons. The van der Waals surface area contributed by atoms with E-state index in [1.54, 1.807) is 0 Å². The second kappa shape index (κ2) is 10.9. The van der Waals surface area contributed by atoms with Crippen molar-refractivity contribution in [1.82, 2.24) is 25.9 Å². The molecule has 5 aromatic rings. The minimum atomic E-state index is 0.132. The Morgan fingerprint density at radius 3 is 1.62 bits per heavy atom. The minimum Gasteiger partial charge on any atom is -0.340 e. The van der Waals surface area contributed by atoms with E-state index >= 15 is 0 Å². The summed E-state index contributed by atoms with van der Waals surface area (Å²) in [5.41, 5.74) is 6.85. The second-order valence-electron chi connectivity index (χ2n) is 9.43. The van der Waals surface area contributed by atoms with Gasteiger partial charge in [0.2, 0.25) is 0 Å². The van der Waals surface area contributed by atoms with E-state index in [1.165, 1.54) is 11.1 Å². The van der Waals surface area contributed by atoms with Gasteiger partial charge in [0.05, 0.1) is 36.2 Å². The van der Waals surface area contributed by atoms with Crippen LogP contribution < -0.4 is 16.0 Å². The van der Waals surface area contributed by atoms with Crippen LogP contribution in [0.25, 0.3) is 22.5 Å². The molecule has 3 atom stereocenters. The number of nitrogens with zero attached hydrogens (tertiary/aromatic N) is 1. The van der Waals surface area contributed by atoms with Gasteiger partial charge in [0.15, 0.2) is 0 Å². The van der Waals surface area contributed by atoms with Gasteiger partial charge in [-0.3, -0.25) is 10.6 Å². The molecule has 0 amide bonds. The van der Waals surface area contributed by atoms with Crippen LogP contribution in [0.2, 0.25) is 0 Å². The molecule has 4 N–H and O–H groups in total. The number of imidazole rings is 1. The number of aromatic nitrogens is 2. The first-order chi connectivity index (χ1) is 18.3. The first-order valence-electron chi connectivity index (χ1n) is 12.9. The van der Waals surface area contributed by atoms with Crippen LogP contribution in [-0.4, -0.2) is 22.7 Å². The van der Waals surface area contributed by atoms with Crippen LogP contribution in [0, 0.1) is 0 Å². The highest BCUT2D eigenvalue weighted by Crippen LogP contribution is 2.33. The number of nitrogens with one attached hydrogen (secondary N) is 4. The summed E-state index contributed by atoms with van der Waals surface area (Å²) in [4.78, 5) is 8.56. The minimum absolute atomic E-state index is 0.132. The van der Waals surface area contributed by atoms with E-state index in [0.29, 0.717) is 6.54 Å². The van der Waals surface area contributed by atoms with Crippen molar-refractivity contribution in [2.24, 2.45) is 0 Å². The highest BCUT2D eigenvalue weighted by atomic mass is 15.3. The third-order valence-electron chi connectivity index (χ3n) is 6.92. The van der Waals surface area contributed by atoms with Crippen molar-refractivity contribution in [1.29, 1.82) is 0 Å². The zero-order chi connectivity index (χ0) is 24.9. The maximum Gasteiger partial charge on any atom is 0.121 e. The quantitative estimate of drug-likeness (QED) is 0.223. The molecule has 1 aliphatic rings. The molecule has 0 bridgehead atoms. The van der Waals surface area contributed by atoms with E-state index < -0.39 is 0 Å². The molecule has 0 spiro atoms. The van der Waals surface area contributed by atoms with Gasteiger partial charge in [0.1, 0.15) is 5.82 Å². The Bertz CT molecular complexity index is 1300. The summed E-state index contributed by atoms with van der Waals surface area (Å²) in [6.45, 7) is 1.42. The summed E-state index contributed by atoms with van der Waals surface area (Å²) in [5.74, 6) is 0.926. The molecule has 0 radical (unpaired) electrons. The summed E-state index contributed by atoms with van der Waals surface area (Å²) in [6, 6.07) is 42.5. The van der Waals surface area contributed by atoms with Crippen LogP contribution in [0.4, 0.5) is 0 Å². The Morgan fingerprint density at radius 2 is 1.08 bits per heavy atom. The van der Waals surface area contributed by atoms with Gasteiger partial charge in [0.25, 0.3) is 0 Å². The van der Waals surface area contributed by atoms with E-state index in [-0.39, 0.29) is 18.2 Å². The molecular weight excluding hydrogens is 454 g/mol. The SMILES string of the molecule is c1ccc(-c2nc(CNCC3N[C@H](c4ccccc4)[C@H](c4ccccc4)N3)[nH]c2-c2ccccc2)cc1. The highest BCUT2D eigenvalue weighted by molar-refractivity contribution is 5.78. The normalized spacial score (nSPS) is 19.2. The van der Waals surface area contributed by atoms with Crippen LogP contribution in [-0.2, 0) is 6.54 Å². The number of hydrogen-bond donors (Lipinski definition) is 4. The predicted molar refractivity (Wildman–Crippen MR) is 150 cm³/mol. The number of aromatic amines is 1. The molecule has 6 rings (SSSR count). The lowest BCUT2D eigenvalue weighted by atomic mass is 9.95. The first-order valence-corrected chi connectivity index (χ1v) is 12.9. The Kier molecular flexibility index (Phi) is 6.90. The Morgan fingerprint density at radius 1 is 0.595 bits per heavy atom. The molecule has 37 heavy (non-hydrogen) atoms. The maximum absolute atomic E-state index is 4.99. The zero-order valence-corrected chi connectivity index (χ0v) is 20.6. The van der Waals surface area contributed by atoms with Crippen LogP contribution >= 0.6 is 0 Å². The lowest BCUT2D eigenvalue weighted by molar-refractivity contribution is 0.476. The molecular formula is C32H31N5. The van der Waals surface area contributed by atoms with E-state index in [1.807, 2.05) is 12.1 Å². The van der Waals surface area contributed by atoms with E-state index in [2.05, 4.69) is 130 Å². The molecule has 5 nitrogen and oxygen atoms in total. The van der Waals surface area contributed by atoms with Crippen LogP contribution in [0.3, 0.4) is 0 Å². The average Bonchev–Trinajstić information content (AvgIpc) is 3.60. The lowest BCUT2D eigenvalue weighted by Crippen LogP contribution is -2.41. The molecule has 1 saturated heterocycles. The average molecular weight is 486 g/mol. The molecule has 1 fully saturated rings.